The van der Waals surface area contributed by atoms with Gasteiger partial charge in [-0.2, -0.15) is 0 Å². The summed E-state index contributed by atoms with van der Waals surface area (Å²) in [5.41, 5.74) is 0. The van der Waals surface area contributed by atoms with Gasteiger partial charge in [0.15, 0.2) is 0 Å². The zero-order chi connectivity index (χ0) is 10.4. The molecule has 0 aromatic heterocycles. The van der Waals surface area contributed by atoms with Crippen LogP contribution in [0.2, 0.25) is 0 Å². The molecule has 4 heteroatoms. The minimum atomic E-state index is -0.920. The van der Waals surface area contributed by atoms with Gasteiger partial charge in [0.2, 0.25) is 0 Å². The smallest absolute Gasteiger partial charge is 0.404 e. The van der Waals surface area contributed by atoms with Crippen LogP contribution in [0.1, 0.15) is 32.6 Å². The van der Waals surface area contributed by atoms with Crippen LogP contribution in [-0.2, 0) is 0 Å². The molecule has 0 aromatic rings. The summed E-state index contributed by atoms with van der Waals surface area (Å²) in [4.78, 5) is 12.8. The van der Waals surface area contributed by atoms with E-state index in [-0.39, 0.29) is 6.04 Å². The molecule has 1 unspecified atom stereocenters. The average Bonchev–Trinajstić information content (AvgIpc) is 2.15. The molecule has 2 N–H and O–H groups in total. The molecule has 0 aromatic carbocycles. The van der Waals surface area contributed by atoms with Gasteiger partial charge in [-0.25, -0.2) is 4.79 Å². The van der Waals surface area contributed by atoms with E-state index in [2.05, 4.69) is 10.2 Å². The largest absolute Gasteiger partial charge is 0.465 e. The lowest BCUT2D eigenvalue weighted by atomic mass is 10.1. The Hall–Kier alpha value is -0.770. The van der Waals surface area contributed by atoms with E-state index in [0.29, 0.717) is 0 Å². The van der Waals surface area contributed by atoms with E-state index in [1.165, 1.54) is 32.4 Å². The fourth-order valence-corrected chi connectivity index (χ4v) is 1.84. The highest BCUT2D eigenvalue weighted by Crippen LogP contribution is 2.09. The Morgan fingerprint density at radius 2 is 2.07 bits per heavy atom. The van der Waals surface area contributed by atoms with Gasteiger partial charge in [-0.15, -0.1) is 0 Å². The molecule has 0 bridgehead atoms. The normalized spacial score (nSPS) is 20.4. The van der Waals surface area contributed by atoms with Crippen LogP contribution < -0.4 is 5.32 Å². The fraction of sp³-hybridized carbons (Fsp3) is 0.900. The minimum absolute atomic E-state index is 0.0643. The zero-order valence-corrected chi connectivity index (χ0v) is 8.83. The summed E-state index contributed by atoms with van der Waals surface area (Å²) in [5, 5.41) is 11.0. The summed E-state index contributed by atoms with van der Waals surface area (Å²) >= 11 is 0. The molecule has 1 fully saturated rings. The van der Waals surface area contributed by atoms with Crippen LogP contribution in [0.15, 0.2) is 0 Å². The molecular formula is C10H20N2O2. The molecule has 1 saturated heterocycles. The van der Waals surface area contributed by atoms with Gasteiger partial charge in [0.25, 0.3) is 0 Å². The average molecular weight is 200 g/mol. The summed E-state index contributed by atoms with van der Waals surface area (Å²) in [5.74, 6) is 0. The third-order valence-corrected chi connectivity index (χ3v) is 2.70. The van der Waals surface area contributed by atoms with Crippen molar-refractivity contribution >= 4 is 6.09 Å². The molecule has 0 saturated carbocycles. The van der Waals surface area contributed by atoms with Crippen molar-refractivity contribution in [3.8, 4) is 0 Å². The molecule has 1 aliphatic rings. The lowest BCUT2D eigenvalue weighted by Gasteiger charge is -2.27. The molecule has 1 aliphatic heterocycles. The first-order chi connectivity index (χ1) is 6.68. The van der Waals surface area contributed by atoms with Crippen LogP contribution in [0, 0.1) is 0 Å². The van der Waals surface area contributed by atoms with Crippen molar-refractivity contribution in [3.63, 3.8) is 0 Å². The predicted octanol–water partition coefficient (Wildman–Crippen LogP) is 1.52. The van der Waals surface area contributed by atoms with Crippen LogP contribution in [0.25, 0.3) is 0 Å². The number of carbonyl (C=O) groups is 1. The van der Waals surface area contributed by atoms with Gasteiger partial charge in [0.05, 0.1) is 0 Å². The lowest BCUT2D eigenvalue weighted by molar-refractivity contribution is 0.185. The molecule has 0 spiro atoms. The molecule has 82 valence electrons. The number of piperidine rings is 1. The van der Waals surface area contributed by atoms with Crippen molar-refractivity contribution < 1.29 is 9.90 Å². The molecule has 14 heavy (non-hydrogen) atoms. The van der Waals surface area contributed by atoms with E-state index in [1.54, 1.807) is 0 Å². The number of nitrogens with one attached hydrogen (secondary N) is 1. The second-order valence-corrected chi connectivity index (χ2v) is 4.04. The maximum absolute atomic E-state index is 10.3. The van der Waals surface area contributed by atoms with Crippen molar-refractivity contribution in [2.45, 2.75) is 38.6 Å². The van der Waals surface area contributed by atoms with Gasteiger partial charge in [0.1, 0.15) is 0 Å². The van der Waals surface area contributed by atoms with Gasteiger partial charge < -0.3 is 15.3 Å². The van der Waals surface area contributed by atoms with Gasteiger partial charge in [0, 0.05) is 12.6 Å². The standard InChI is InChI=1S/C10H20N2O2/c1-9(11-10(13)14)5-8-12-6-3-2-4-7-12/h9,11H,2-8H2,1H3,(H,13,14). The molecule has 4 nitrogen and oxygen atoms in total. The topological polar surface area (TPSA) is 52.6 Å². The maximum atomic E-state index is 10.3. The SMILES string of the molecule is CC(CCN1CCCCC1)NC(=O)O. The van der Waals surface area contributed by atoms with Crippen LogP contribution in [0.4, 0.5) is 4.79 Å². The monoisotopic (exact) mass is 200 g/mol. The highest BCUT2D eigenvalue weighted by atomic mass is 16.4. The maximum Gasteiger partial charge on any atom is 0.404 e. The summed E-state index contributed by atoms with van der Waals surface area (Å²) in [6.07, 6.45) is 3.92. The van der Waals surface area contributed by atoms with E-state index >= 15 is 0 Å². The summed E-state index contributed by atoms with van der Waals surface area (Å²) < 4.78 is 0. The predicted molar refractivity (Wildman–Crippen MR) is 55.5 cm³/mol. The number of carboxylic acid groups (broad SMARTS) is 1. The highest BCUT2D eigenvalue weighted by Gasteiger charge is 2.11. The summed E-state index contributed by atoms with van der Waals surface area (Å²) in [7, 11) is 0. The number of rotatable bonds is 4. The van der Waals surface area contributed by atoms with Crippen molar-refractivity contribution in [2.24, 2.45) is 0 Å². The second kappa shape index (κ2) is 5.86. The molecule has 1 atom stereocenters. The number of hydrogen-bond donors (Lipinski definition) is 2. The number of likely N-dealkylation sites (tertiary alicyclic amines) is 1. The summed E-state index contributed by atoms with van der Waals surface area (Å²) in [6.45, 7) is 5.29. The zero-order valence-electron chi connectivity index (χ0n) is 8.83. The van der Waals surface area contributed by atoms with Crippen molar-refractivity contribution in [2.75, 3.05) is 19.6 Å². The van der Waals surface area contributed by atoms with Crippen LogP contribution in [0.5, 0.6) is 0 Å². The van der Waals surface area contributed by atoms with Crippen LogP contribution >= 0.6 is 0 Å². The molecule has 1 rings (SSSR count). The van der Waals surface area contributed by atoms with E-state index in [9.17, 15) is 4.79 Å². The second-order valence-electron chi connectivity index (χ2n) is 4.04. The Labute approximate surface area is 85.3 Å². The Bertz CT molecular complexity index is 179. The van der Waals surface area contributed by atoms with Crippen LogP contribution in [0.3, 0.4) is 0 Å². The first-order valence-corrected chi connectivity index (χ1v) is 5.40. The minimum Gasteiger partial charge on any atom is -0.465 e. The number of hydrogen-bond acceptors (Lipinski definition) is 2. The van der Waals surface area contributed by atoms with Gasteiger partial charge in [-0.1, -0.05) is 6.42 Å². The van der Waals surface area contributed by atoms with Gasteiger partial charge in [-0.3, -0.25) is 0 Å². The highest BCUT2D eigenvalue weighted by molar-refractivity contribution is 5.64. The Kier molecular flexibility index (Phi) is 4.73. The third-order valence-electron chi connectivity index (χ3n) is 2.70. The Balaban J connectivity index is 2.09. The van der Waals surface area contributed by atoms with Gasteiger partial charge >= 0.3 is 6.09 Å². The first kappa shape index (κ1) is 11.3. The third kappa shape index (κ3) is 4.46. The quantitative estimate of drug-likeness (QED) is 0.723. The van der Waals surface area contributed by atoms with Crippen molar-refractivity contribution in [3.05, 3.63) is 0 Å². The molecule has 1 amide bonds. The van der Waals surface area contributed by atoms with Crippen molar-refractivity contribution in [1.82, 2.24) is 10.2 Å². The van der Waals surface area contributed by atoms with Gasteiger partial charge in [-0.05, 0) is 39.3 Å². The van der Waals surface area contributed by atoms with Crippen LogP contribution in [-0.4, -0.2) is 41.8 Å². The molecular weight excluding hydrogens is 180 g/mol. The Morgan fingerprint density at radius 3 is 2.64 bits per heavy atom. The molecule has 1 heterocycles. The van der Waals surface area contributed by atoms with E-state index in [4.69, 9.17) is 5.11 Å². The fourth-order valence-electron chi connectivity index (χ4n) is 1.84. The Morgan fingerprint density at radius 1 is 1.43 bits per heavy atom. The van der Waals surface area contributed by atoms with E-state index in [0.717, 1.165) is 13.0 Å². The number of amides is 1. The van der Waals surface area contributed by atoms with E-state index < -0.39 is 6.09 Å². The number of nitrogens with zero attached hydrogens (tertiary/aromatic N) is 1. The molecule has 0 aliphatic carbocycles. The summed E-state index contributed by atoms with van der Waals surface area (Å²) in [6, 6.07) is 0.0643. The first-order valence-electron chi connectivity index (χ1n) is 5.40. The lowest BCUT2D eigenvalue weighted by Crippen LogP contribution is -2.37. The van der Waals surface area contributed by atoms with E-state index in [1.807, 2.05) is 6.92 Å². The van der Waals surface area contributed by atoms with Crippen molar-refractivity contribution in [1.29, 1.82) is 0 Å². The molecule has 0 radical (unpaired) electrons.